The van der Waals surface area contributed by atoms with Crippen LogP contribution in [0.15, 0.2) is 27.8 Å². The van der Waals surface area contributed by atoms with Crippen LogP contribution in [0.3, 0.4) is 0 Å². The van der Waals surface area contributed by atoms with E-state index in [1.54, 1.807) is 6.07 Å². The van der Waals surface area contributed by atoms with Crippen LogP contribution in [-0.2, 0) is 6.54 Å². The van der Waals surface area contributed by atoms with E-state index in [4.69, 9.17) is 5.26 Å². The van der Waals surface area contributed by atoms with E-state index in [0.717, 1.165) is 11.1 Å². The third-order valence-corrected chi connectivity index (χ3v) is 4.59. The van der Waals surface area contributed by atoms with Gasteiger partial charge in [-0.3, -0.25) is 9.59 Å². The summed E-state index contributed by atoms with van der Waals surface area (Å²) in [7, 11) is 0. The number of anilines is 2. The zero-order valence-electron chi connectivity index (χ0n) is 14.8. The topological polar surface area (TPSA) is 82.0 Å². The molecule has 2 rings (SSSR count). The molecule has 1 unspecified atom stereocenters. The van der Waals surface area contributed by atoms with Gasteiger partial charge in [-0.25, -0.2) is 0 Å². The van der Waals surface area contributed by atoms with Gasteiger partial charge in [0.1, 0.15) is 11.4 Å². The molecule has 0 aliphatic heterocycles. The van der Waals surface area contributed by atoms with Gasteiger partial charge in [0.05, 0.1) is 11.6 Å². The molecule has 0 bridgehead atoms. The van der Waals surface area contributed by atoms with Crippen molar-refractivity contribution in [2.24, 2.45) is 5.41 Å². The fraction of sp³-hybridized carbons (Fsp3) is 0.421. The number of rotatable bonds is 5. The first kappa shape index (κ1) is 17.7. The molecule has 0 amide bonds. The first-order valence-electron chi connectivity index (χ1n) is 7.99. The maximum atomic E-state index is 11.9. The van der Waals surface area contributed by atoms with Crippen LogP contribution in [0.2, 0.25) is 0 Å². The summed E-state index contributed by atoms with van der Waals surface area (Å²) in [4.78, 5) is 23.7. The van der Waals surface area contributed by atoms with Crippen molar-refractivity contribution < 1.29 is 0 Å². The Kier molecular flexibility index (Phi) is 4.79. The van der Waals surface area contributed by atoms with Crippen molar-refractivity contribution in [3.8, 4) is 6.07 Å². The van der Waals surface area contributed by atoms with E-state index in [9.17, 15) is 9.59 Å². The standard InChI is InChI=1S/C19H23N3O2/c1-11-13(9-20)7-6-8-14(11)10-21-15-16(18(24)17(15)23)22-12(2)19(3,4)5/h6-8,12,21-22H,10H2,1-5H3. The van der Waals surface area contributed by atoms with Gasteiger partial charge in [-0.1, -0.05) is 32.9 Å². The lowest BCUT2D eigenvalue weighted by Crippen LogP contribution is -2.42. The van der Waals surface area contributed by atoms with Crippen molar-refractivity contribution >= 4 is 11.4 Å². The van der Waals surface area contributed by atoms with E-state index in [1.807, 2.05) is 26.0 Å². The Hall–Kier alpha value is -2.61. The molecule has 0 fully saturated rings. The van der Waals surface area contributed by atoms with Crippen LogP contribution in [-0.4, -0.2) is 6.04 Å². The molecule has 24 heavy (non-hydrogen) atoms. The van der Waals surface area contributed by atoms with Gasteiger partial charge < -0.3 is 10.6 Å². The minimum absolute atomic E-state index is 0.0330. The molecule has 1 atom stereocenters. The SMILES string of the molecule is Cc1c(C#N)cccc1CNc1c(NC(C)C(C)(C)C)c(=O)c1=O. The molecule has 0 saturated carbocycles. The van der Waals surface area contributed by atoms with Gasteiger partial charge in [0.2, 0.25) is 0 Å². The Morgan fingerprint density at radius 3 is 2.38 bits per heavy atom. The van der Waals surface area contributed by atoms with Crippen LogP contribution < -0.4 is 21.5 Å². The Morgan fingerprint density at radius 2 is 1.79 bits per heavy atom. The highest BCUT2D eigenvalue weighted by molar-refractivity contribution is 5.74. The molecule has 0 radical (unpaired) electrons. The van der Waals surface area contributed by atoms with Gasteiger partial charge in [0, 0.05) is 12.6 Å². The molecule has 0 aromatic heterocycles. The quantitative estimate of drug-likeness (QED) is 0.826. The van der Waals surface area contributed by atoms with Crippen LogP contribution in [0.4, 0.5) is 11.4 Å². The smallest absolute Gasteiger partial charge is 0.253 e. The van der Waals surface area contributed by atoms with Crippen LogP contribution in [0, 0.1) is 23.7 Å². The number of nitriles is 1. The van der Waals surface area contributed by atoms with Gasteiger partial charge >= 0.3 is 0 Å². The monoisotopic (exact) mass is 325 g/mol. The van der Waals surface area contributed by atoms with Gasteiger partial charge in [-0.05, 0) is 36.5 Å². The van der Waals surface area contributed by atoms with Crippen molar-refractivity contribution in [2.45, 2.75) is 47.2 Å². The molecule has 126 valence electrons. The zero-order chi connectivity index (χ0) is 18.1. The summed E-state index contributed by atoms with van der Waals surface area (Å²) in [5, 5.41) is 15.3. The van der Waals surface area contributed by atoms with E-state index < -0.39 is 10.9 Å². The molecule has 0 aliphatic rings. The summed E-state index contributed by atoms with van der Waals surface area (Å²) in [6.07, 6.45) is 0. The molecule has 0 heterocycles. The maximum absolute atomic E-state index is 11.9. The molecule has 5 nitrogen and oxygen atoms in total. The second kappa shape index (κ2) is 6.48. The van der Waals surface area contributed by atoms with E-state index in [1.165, 1.54) is 0 Å². The van der Waals surface area contributed by atoms with Crippen LogP contribution in [0.1, 0.15) is 44.4 Å². The lowest BCUT2D eigenvalue weighted by molar-refractivity contribution is 0.359. The van der Waals surface area contributed by atoms with Crippen molar-refractivity contribution in [1.82, 2.24) is 0 Å². The van der Waals surface area contributed by atoms with Crippen molar-refractivity contribution in [3.05, 3.63) is 55.3 Å². The summed E-state index contributed by atoms with van der Waals surface area (Å²) in [6, 6.07) is 7.66. The highest BCUT2D eigenvalue weighted by Crippen LogP contribution is 2.25. The zero-order valence-corrected chi connectivity index (χ0v) is 14.8. The molecule has 0 aliphatic carbocycles. The molecule has 2 N–H and O–H groups in total. The van der Waals surface area contributed by atoms with E-state index >= 15 is 0 Å². The largest absolute Gasteiger partial charge is 0.377 e. The first-order valence-corrected chi connectivity index (χ1v) is 7.99. The molecular weight excluding hydrogens is 302 g/mol. The fourth-order valence-electron chi connectivity index (χ4n) is 2.31. The third-order valence-electron chi connectivity index (χ3n) is 4.59. The van der Waals surface area contributed by atoms with Gasteiger partial charge in [-0.2, -0.15) is 5.26 Å². The van der Waals surface area contributed by atoms with E-state index in [2.05, 4.69) is 37.5 Å². The number of hydrogen-bond acceptors (Lipinski definition) is 5. The first-order chi connectivity index (χ1) is 11.2. The van der Waals surface area contributed by atoms with Crippen LogP contribution in [0.25, 0.3) is 0 Å². The average molecular weight is 325 g/mol. The van der Waals surface area contributed by atoms with Crippen molar-refractivity contribution in [2.75, 3.05) is 10.6 Å². The summed E-state index contributed by atoms with van der Waals surface area (Å²) in [6.45, 7) is 10.5. The minimum atomic E-state index is -0.493. The van der Waals surface area contributed by atoms with Gasteiger partial charge in [0.15, 0.2) is 0 Å². The Balaban J connectivity index is 2.18. The second-order valence-electron chi connectivity index (χ2n) is 7.20. The predicted molar refractivity (Wildman–Crippen MR) is 97.1 cm³/mol. The lowest BCUT2D eigenvalue weighted by atomic mass is 9.87. The predicted octanol–water partition coefficient (Wildman–Crippen LogP) is 2.92. The van der Waals surface area contributed by atoms with Crippen LogP contribution in [0.5, 0.6) is 0 Å². The molecule has 0 spiro atoms. The highest BCUT2D eigenvalue weighted by Gasteiger charge is 2.26. The molecule has 5 heteroatoms. The summed E-state index contributed by atoms with van der Waals surface area (Å²) in [5.41, 5.74) is 2.10. The lowest BCUT2D eigenvalue weighted by Gasteiger charge is -2.30. The number of hydrogen-bond donors (Lipinski definition) is 2. The summed E-state index contributed by atoms with van der Waals surface area (Å²) >= 11 is 0. The van der Waals surface area contributed by atoms with Gasteiger partial charge in [0.25, 0.3) is 10.9 Å². The second-order valence-corrected chi connectivity index (χ2v) is 7.20. The number of nitrogens with one attached hydrogen (secondary N) is 2. The van der Waals surface area contributed by atoms with Crippen molar-refractivity contribution in [3.63, 3.8) is 0 Å². The Morgan fingerprint density at radius 1 is 1.17 bits per heavy atom. The summed E-state index contributed by atoms with van der Waals surface area (Å²) in [5.74, 6) is 0. The minimum Gasteiger partial charge on any atom is -0.377 e. The molecule has 2 aromatic carbocycles. The third kappa shape index (κ3) is 3.33. The number of benzene rings is 1. The molecule has 0 saturated heterocycles. The average Bonchev–Trinajstić information content (AvgIpc) is 2.53. The van der Waals surface area contributed by atoms with Gasteiger partial charge in [-0.15, -0.1) is 0 Å². The molecule has 2 aromatic rings. The van der Waals surface area contributed by atoms with Crippen molar-refractivity contribution in [1.29, 1.82) is 5.26 Å². The Labute approximate surface area is 142 Å². The summed E-state index contributed by atoms with van der Waals surface area (Å²) < 4.78 is 0. The molecular formula is C19H23N3O2. The Bertz CT molecular complexity index is 862. The highest BCUT2D eigenvalue weighted by atomic mass is 16.2. The fourth-order valence-corrected chi connectivity index (χ4v) is 2.31. The normalized spacial score (nSPS) is 12.7. The van der Waals surface area contributed by atoms with E-state index in [-0.39, 0.29) is 11.5 Å². The maximum Gasteiger partial charge on any atom is 0.253 e. The van der Waals surface area contributed by atoms with Crippen LogP contribution >= 0.6 is 0 Å². The van der Waals surface area contributed by atoms with E-state index in [0.29, 0.717) is 23.5 Å². The number of nitrogens with zero attached hydrogens (tertiary/aromatic N) is 1.